The van der Waals surface area contributed by atoms with Gasteiger partial charge in [0, 0.05) is 36.9 Å². The summed E-state index contributed by atoms with van der Waals surface area (Å²) in [5.74, 6) is -3.73. The first-order valence-electron chi connectivity index (χ1n) is 11.2. The second-order valence-electron chi connectivity index (χ2n) is 8.10. The summed E-state index contributed by atoms with van der Waals surface area (Å²) in [5, 5.41) is 2.42. The van der Waals surface area contributed by atoms with Crippen molar-refractivity contribution in [3.05, 3.63) is 78.4 Å². The number of hydrogen-bond donors (Lipinski definition) is 2. The van der Waals surface area contributed by atoms with Crippen molar-refractivity contribution in [3.63, 3.8) is 0 Å². The molecule has 192 valence electrons. The predicted octanol–water partition coefficient (Wildman–Crippen LogP) is 3.97. The molecule has 1 aliphatic rings. The van der Waals surface area contributed by atoms with Gasteiger partial charge in [-0.2, -0.15) is 13.2 Å². The lowest BCUT2D eigenvalue weighted by Crippen LogP contribution is -2.48. The number of para-hydroxylation sites is 1. The number of amides is 3. The second-order valence-corrected chi connectivity index (χ2v) is 8.10. The number of fused-ring (bicyclic) bond motifs is 1. The highest BCUT2D eigenvalue weighted by atomic mass is 19.4. The Labute approximate surface area is 207 Å². The molecule has 0 aliphatic carbocycles. The molecule has 0 saturated carbocycles. The van der Waals surface area contributed by atoms with Crippen LogP contribution < -0.4 is 16.0 Å². The summed E-state index contributed by atoms with van der Waals surface area (Å²) in [7, 11) is 1.52. The fourth-order valence-electron chi connectivity index (χ4n) is 3.60. The van der Waals surface area contributed by atoms with Gasteiger partial charge >= 0.3 is 6.18 Å². The molecular weight excluding hydrogens is 473 g/mol. The van der Waals surface area contributed by atoms with Crippen molar-refractivity contribution in [2.45, 2.75) is 38.5 Å². The highest BCUT2D eigenvalue weighted by Crippen LogP contribution is 2.28. The fraction of sp³-hybridized carbons (Fsp3) is 0.308. The molecule has 36 heavy (non-hydrogen) atoms. The summed E-state index contributed by atoms with van der Waals surface area (Å²) >= 11 is 0. The van der Waals surface area contributed by atoms with Crippen molar-refractivity contribution < 1.29 is 27.6 Å². The zero-order chi connectivity index (χ0) is 26.9. The minimum atomic E-state index is -4.51. The van der Waals surface area contributed by atoms with Crippen molar-refractivity contribution in [2.75, 3.05) is 11.9 Å². The van der Waals surface area contributed by atoms with Crippen molar-refractivity contribution >= 4 is 29.1 Å². The zero-order valence-electron chi connectivity index (χ0n) is 20.1. The quantitative estimate of drug-likeness (QED) is 0.560. The van der Waals surface area contributed by atoms with Gasteiger partial charge in [-0.1, -0.05) is 54.6 Å². The summed E-state index contributed by atoms with van der Waals surface area (Å²) < 4.78 is 38.1. The SMILES string of the molecule is C=CC.CN1C(=O)C(NC(=O)C(CCC(F)(F)F)CC(N)=O)N=C(c2ccccc2)c2ccccc21. The van der Waals surface area contributed by atoms with Crippen LogP contribution in [-0.2, 0) is 14.4 Å². The number of likely N-dealkylation sites (N-methyl/N-ethyl adjacent to an activating group) is 1. The largest absolute Gasteiger partial charge is 0.389 e. The Hall–Kier alpha value is -3.95. The van der Waals surface area contributed by atoms with E-state index in [2.05, 4.69) is 16.9 Å². The van der Waals surface area contributed by atoms with Gasteiger partial charge in [0.15, 0.2) is 0 Å². The summed E-state index contributed by atoms with van der Waals surface area (Å²) in [6.07, 6.45) is -6.62. The lowest BCUT2D eigenvalue weighted by molar-refractivity contribution is -0.143. The number of anilines is 1. The Morgan fingerprint density at radius 2 is 1.75 bits per heavy atom. The van der Waals surface area contributed by atoms with Crippen LogP contribution in [0.2, 0.25) is 0 Å². The van der Waals surface area contributed by atoms with Crippen LogP contribution in [-0.4, -0.2) is 42.8 Å². The van der Waals surface area contributed by atoms with Crippen LogP contribution >= 0.6 is 0 Å². The van der Waals surface area contributed by atoms with E-state index in [0.29, 0.717) is 22.5 Å². The molecule has 0 bridgehead atoms. The van der Waals surface area contributed by atoms with Crippen LogP contribution in [0.3, 0.4) is 0 Å². The van der Waals surface area contributed by atoms with Crippen molar-refractivity contribution in [1.29, 1.82) is 0 Å². The number of primary amides is 1. The molecule has 3 N–H and O–H groups in total. The van der Waals surface area contributed by atoms with Crippen LogP contribution in [0, 0.1) is 5.92 Å². The molecule has 2 aromatic rings. The number of halogens is 3. The molecule has 2 aromatic carbocycles. The number of allylic oxidation sites excluding steroid dienone is 1. The number of benzodiazepines with no additional fused rings is 1. The highest BCUT2D eigenvalue weighted by molar-refractivity contribution is 6.20. The van der Waals surface area contributed by atoms with Gasteiger partial charge < -0.3 is 16.0 Å². The van der Waals surface area contributed by atoms with E-state index in [4.69, 9.17) is 5.73 Å². The van der Waals surface area contributed by atoms with Crippen LogP contribution in [0.1, 0.15) is 37.3 Å². The highest BCUT2D eigenvalue weighted by Gasteiger charge is 2.35. The second kappa shape index (κ2) is 12.7. The van der Waals surface area contributed by atoms with E-state index >= 15 is 0 Å². The maximum Gasteiger partial charge on any atom is 0.389 e. The Morgan fingerprint density at radius 3 is 2.33 bits per heavy atom. The number of hydrogen-bond acceptors (Lipinski definition) is 4. The number of carbonyl (C=O) groups excluding carboxylic acids is 3. The molecule has 1 aliphatic heterocycles. The summed E-state index contributed by atoms with van der Waals surface area (Å²) in [4.78, 5) is 43.1. The standard InChI is InChI=1S/C23H23F3N4O3.C3H6/c1-30-17-10-6-5-9-16(17)19(14-7-3-2-4-8-14)28-20(22(30)33)29-21(32)15(13-18(27)31)11-12-23(24,25)26;1-3-2/h2-10,15,20H,11-13H2,1H3,(H2,27,31)(H,29,32);3H,1H2,2H3. The van der Waals surface area contributed by atoms with Gasteiger partial charge in [0.05, 0.1) is 11.4 Å². The average molecular weight is 503 g/mol. The van der Waals surface area contributed by atoms with Crippen LogP contribution in [0.15, 0.2) is 72.2 Å². The lowest BCUT2D eigenvalue weighted by Gasteiger charge is -2.23. The molecule has 7 nitrogen and oxygen atoms in total. The molecule has 2 unspecified atom stereocenters. The minimum absolute atomic E-state index is 0.441. The Balaban J connectivity index is 0.00000145. The molecule has 0 aromatic heterocycles. The number of nitrogens with zero attached hydrogens (tertiary/aromatic N) is 2. The predicted molar refractivity (Wildman–Crippen MR) is 132 cm³/mol. The molecule has 1 heterocycles. The van der Waals surface area contributed by atoms with Gasteiger partial charge in [0.25, 0.3) is 5.91 Å². The van der Waals surface area contributed by atoms with Crippen LogP contribution in [0.5, 0.6) is 0 Å². The maximum absolute atomic E-state index is 13.1. The number of benzene rings is 2. The van der Waals surface area contributed by atoms with Crippen molar-refractivity contribution in [2.24, 2.45) is 16.6 Å². The minimum Gasteiger partial charge on any atom is -0.370 e. The van der Waals surface area contributed by atoms with E-state index < -0.39 is 55.2 Å². The smallest absolute Gasteiger partial charge is 0.370 e. The fourth-order valence-corrected chi connectivity index (χ4v) is 3.60. The van der Waals surface area contributed by atoms with Gasteiger partial charge in [-0.05, 0) is 19.4 Å². The molecule has 0 radical (unpaired) electrons. The molecule has 3 amide bonds. The third kappa shape index (κ3) is 7.79. The third-order valence-corrected chi connectivity index (χ3v) is 5.26. The number of rotatable bonds is 7. The Bertz CT molecular complexity index is 1120. The van der Waals surface area contributed by atoms with Gasteiger partial charge in [-0.25, -0.2) is 4.99 Å². The zero-order valence-corrected chi connectivity index (χ0v) is 20.1. The monoisotopic (exact) mass is 502 g/mol. The van der Waals surface area contributed by atoms with Crippen molar-refractivity contribution in [1.82, 2.24) is 5.32 Å². The Morgan fingerprint density at radius 1 is 1.17 bits per heavy atom. The first-order chi connectivity index (χ1) is 17.0. The van der Waals surface area contributed by atoms with Crippen LogP contribution in [0.4, 0.5) is 18.9 Å². The van der Waals surface area contributed by atoms with E-state index in [1.165, 1.54) is 11.9 Å². The third-order valence-electron chi connectivity index (χ3n) is 5.26. The van der Waals surface area contributed by atoms with E-state index in [9.17, 15) is 27.6 Å². The summed E-state index contributed by atoms with van der Waals surface area (Å²) in [6.45, 7) is 5.25. The number of alkyl halides is 3. The Kier molecular flexibility index (Phi) is 9.95. The first-order valence-corrected chi connectivity index (χ1v) is 11.2. The number of carbonyl (C=O) groups is 3. The molecule has 10 heteroatoms. The van der Waals surface area contributed by atoms with Gasteiger partial charge in [-0.15, -0.1) is 6.58 Å². The molecule has 3 rings (SSSR count). The summed E-state index contributed by atoms with van der Waals surface area (Å²) in [6, 6.07) is 16.1. The first kappa shape index (κ1) is 28.3. The maximum atomic E-state index is 13.1. The number of nitrogens with one attached hydrogen (secondary N) is 1. The molecule has 0 spiro atoms. The molecule has 0 fully saturated rings. The normalized spacial score (nSPS) is 15.9. The topological polar surface area (TPSA) is 105 Å². The lowest BCUT2D eigenvalue weighted by atomic mass is 9.97. The van der Waals surface area contributed by atoms with Gasteiger partial charge in [0.1, 0.15) is 0 Å². The van der Waals surface area contributed by atoms with Crippen LogP contribution in [0.25, 0.3) is 0 Å². The van der Waals surface area contributed by atoms with Gasteiger partial charge in [0.2, 0.25) is 18.0 Å². The van der Waals surface area contributed by atoms with Gasteiger partial charge in [-0.3, -0.25) is 14.4 Å². The molecule has 0 saturated heterocycles. The van der Waals surface area contributed by atoms with E-state index in [-0.39, 0.29) is 0 Å². The number of aliphatic imine (C=N–C) groups is 1. The van der Waals surface area contributed by atoms with E-state index in [0.717, 1.165) is 0 Å². The summed E-state index contributed by atoms with van der Waals surface area (Å²) in [5.41, 5.74) is 7.48. The molecular formula is C26H29F3N4O3. The number of nitrogens with two attached hydrogens (primary N) is 1. The van der Waals surface area contributed by atoms with E-state index in [1.54, 1.807) is 54.6 Å². The molecule has 2 atom stereocenters. The van der Waals surface area contributed by atoms with E-state index in [1.807, 2.05) is 13.0 Å². The van der Waals surface area contributed by atoms with Crippen molar-refractivity contribution in [3.8, 4) is 0 Å². The average Bonchev–Trinajstić information content (AvgIpc) is 2.93.